The highest BCUT2D eigenvalue weighted by Gasteiger charge is 2.21. The molecule has 0 bridgehead atoms. The molecule has 0 saturated heterocycles. The van der Waals surface area contributed by atoms with Gasteiger partial charge in [-0.2, -0.15) is 4.37 Å². The lowest BCUT2D eigenvalue weighted by Crippen LogP contribution is -2.31. The normalized spacial score (nSPS) is 13.8. The molecular formula is C18H16FN5O2S2. The zero-order chi connectivity index (χ0) is 19.5. The number of carbonyl (C=O) groups excluding carboxylic acids is 1. The number of nitrogens with zero attached hydrogens (tertiary/aromatic N) is 3. The first kappa shape index (κ1) is 18.5. The Morgan fingerprint density at radius 1 is 1.25 bits per heavy atom. The molecule has 2 N–H and O–H groups in total. The largest absolute Gasteiger partial charge is 0.362 e. The van der Waals surface area contributed by atoms with E-state index < -0.39 is 11.0 Å². The number of rotatable bonds is 6. The van der Waals surface area contributed by atoms with Crippen molar-refractivity contribution in [3.05, 3.63) is 60.2 Å². The van der Waals surface area contributed by atoms with E-state index in [4.69, 9.17) is 0 Å². The van der Waals surface area contributed by atoms with Crippen LogP contribution in [0.2, 0.25) is 0 Å². The Hall–Kier alpha value is -2.85. The van der Waals surface area contributed by atoms with E-state index in [2.05, 4.69) is 19.4 Å². The van der Waals surface area contributed by atoms with Crippen LogP contribution in [0.5, 0.6) is 0 Å². The number of halogens is 1. The van der Waals surface area contributed by atoms with Crippen molar-refractivity contribution in [3.63, 3.8) is 0 Å². The topological polar surface area (TPSA) is 87.2 Å². The molecule has 0 aliphatic carbocycles. The Balaban J connectivity index is 1.35. The van der Waals surface area contributed by atoms with E-state index in [0.29, 0.717) is 22.3 Å². The third-order valence-corrected chi connectivity index (χ3v) is 6.05. The van der Waals surface area contributed by atoms with E-state index in [0.717, 1.165) is 29.2 Å². The third kappa shape index (κ3) is 4.18. The molecule has 144 valence electrons. The Morgan fingerprint density at radius 2 is 2.07 bits per heavy atom. The van der Waals surface area contributed by atoms with Crippen LogP contribution in [0.4, 0.5) is 20.9 Å². The van der Waals surface area contributed by atoms with Crippen molar-refractivity contribution in [1.29, 1.82) is 0 Å². The number of hydrogen-bond donors (Lipinski definition) is 2. The van der Waals surface area contributed by atoms with Gasteiger partial charge >= 0.3 is 0 Å². The molecule has 0 spiro atoms. The van der Waals surface area contributed by atoms with Crippen LogP contribution in [0.15, 0.2) is 53.7 Å². The number of amides is 1. The zero-order valence-electron chi connectivity index (χ0n) is 14.6. The Labute approximate surface area is 167 Å². The van der Waals surface area contributed by atoms with Gasteiger partial charge in [0.15, 0.2) is 11.0 Å². The molecule has 7 nitrogen and oxygen atoms in total. The Morgan fingerprint density at radius 3 is 2.82 bits per heavy atom. The molecule has 0 radical (unpaired) electrons. The number of anilines is 3. The molecule has 0 saturated carbocycles. The number of hydrogen-bond acceptors (Lipinski definition) is 6. The van der Waals surface area contributed by atoms with Crippen molar-refractivity contribution in [2.75, 3.05) is 28.0 Å². The first-order valence-electron chi connectivity index (χ1n) is 8.47. The second-order valence-electron chi connectivity index (χ2n) is 6.13. The van der Waals surface area contributed by atoms with Crippen LogP contribution in [0, 0.1) is 5.82 Å². The van der Waals surface area contributed by atoms with Gasteiger partial charge in [-0.25, -0.2) is 13.6 Å². The Bertz CT molecular complexity index is 1010. The molecule has 1 unspecified atom stereocenters. The second kappa shape index (κ2) is 8.03. The highest BCUT2D eigenvalue weighted by atomic mass is 32.2. The summed E-state index contributed by atoms with van der Waals surface area (Å²) in [5.41, 5.74) is 2.42. The monoisotopic (exact) mass is 417 g/mol. The summed E-state index contributed by atoms with van der Waals surface area (Å²) in [6.45, 7) is 0.867. The lowest BCUT2D eigenvalue weighted by Gasteiger charge is -2.18. The standard InChI is InChI=1S/C18H16FN5O2S2/c19-13-1-6-16-12(9-13)7-8-24(16)10-17(25)22-14-2-4-15(5-3-14)28(26)23-18-20-11-21-27-18/h1-6,9,11H,7-8,10H2,(H,22,25)(H,20,21,23). The van der Waals surface area contributed by atoms with Crippen molar-refractivity contribution in [1.82, 2.24) is 9.36 Å². The molecule has 2 heterocycles. The first-order chi connectivity index (χ1) is 13.6. The summed E-state index contributed by atoms with van der Waals surface area (Å²) in [5, 5.41) is 3.30. The van der Waals surface area contributed by atoms with E-state index >= 15 is 0 Å². The van der Waals surface area contributed by atoms with E-state index in [1.54, 1.807) is 30.3 Å². The average molecular weight is 417 g/mol. The summed E-state index contributed by atoms with van der Waals surface area (Å²) < 4.78 is 32.1. The highest BCUT2D eigenvalue weighted by Crippen LogP contribution is 2.28. The van der Waals surface area contributed by atoms with Gasteiger partial charge in [0.1, 0.15) is 12.1 Å². The summed E-state index contributed by atoms with van der Waals surface area (Å²) in [6.07, 6.45) is 2.11. The lowest BCUT2D eigenvalue weighted by atomic mass is 10.2. The molecule has 1 aliphatic heterocycles. The molecule has 1 amide bonds. The molecule has 3 aromatic rings. The Kier molecular flexibility index (Phi) is 5.31. The molecular weight excluding hydrogens is 401 g/mol. The molecule has 2 aromatic carbocycles. The summed E-state index contributed by atoms with van der Waals surface area (Å²) in [5.74, 6) is -0.429. The minimum absolute atomic E-state index is 0.168. The van der Waals surface area contributed by atoms with Gasteiger partial charge in [0.05, 0.1) is 11.4 Å². The summed E-state index contributed by atoms with van der Waals surface area (Å²) >= 11 is 1.12. The minimum atomic E-state index is -1.46. The van der Waals surface area contributed by atoms with E-state index in [1.807, 2.05) is 4.90 Å². The zero-order valence-corrected chi connectivity index (χ0v) is 16.2. The van der Waals surface area contributed by atoms with Crippen LogP contribution in [0.1, 0.15) is 5.56 Å². The van der Waals surface area contributed by atoms with Gasteiger partial charge in [0, 0.05) is 29.5 Å². The quantitative estimate of drug-likeness (QED) is 0.644. The number of carbonyl (C=O) groups is 1. The maximum absolute atomic E-state index is 13.3. The van der Waals surface area contributed by atoms with Crippen LogP contribution < -0.4 is 14.9 Å². The third-order valence-electron chi connectivity index (χ3n) is 4.26. The molecule has 4 rings (SSSR count). The maximum atomic E-state index is 13.3. The van der Waals surface area contributed by atoms with Crippen LogP contribution in [-0.2, 0) is 22.2 Å². The smallest absolute Gasteiger partial charge is 0.243 e. The van der Waals surface area contributed by atoms with Gasteiger partial charge < -0.3 is 10.2 Å². The van der Waals surface area contributed by atoms with Crippen LogP contribution in [0.25, 0.3) is 0 Å². The maximum Gasteiger partial charge on any atom is 0.243 e. The van der Waals surface area contributed by atoms with Gasteiger partial charge in [-0.1, -0.05) is 0 Å². The predicted octanol–water partition coefficient (Wildman–Crippen LogP) is 2.81. The average Bonchev–Trinajstić information content (AvgIpc) is 3.32. The first-order valence-corrected chi connectivity index (χ1v) is 10.4. The summed E-state index contributed by atoms with van der Waals surface area (Å²) in [4.78, 5) is 18.8. The van der Waals surface area contributed by atoms with Crippen molar-refractivity contribution in [2.24, 2.45) is 0 Å². The second-order valence-corrected chi connectivity index (χ2v) is 8.13. The molecule has 0 fully saturated rings. The van der Waals surface area contributed by atoms with Crippen LogP contribution in [0.3, 0.4) is 0 Å². The molecule has 1 atom stereocenters. The van der Waals surface area contributed by atoms with Crippen molar-refractivity contribution >= 4 is 44.9 Å². The van der Waals surface area contributed by atoms with Gasteiger partial charge in [-0.15, -0.1) is 0 Å². The van der Waals surface area contributed by atoms with Gasteiger partial charge in [-0.3, -0.25) is 9.52 Å². The number of aromatic nitrogens is 2. The molecule has 1 aromatic heterocycles. The highest BCUT2D eigenvalue weighted by molar-refractivity contribution is 7.86. The number of fused-ring (bicyclic) bond motifs is 1. The van der Waals surface area contributed by atoms with E-state index in [9.17, 15) is 13.4 Å². The SMILES string of the molecule is O=C(CN1CCc2cc(F)ccc21)Nc1ccc(S(=O)Nc2ncns2)cc1. The molecule has 10 heteroatoms. The van der Waals surface area contributed by atoms with Crippen LogP contribution >= 0.6 is 11.5 Å². The molecule has 1 aliphatic rings. The fourth-order valence-electron chi connectivity index (χ4n) is 2.99. The van der Waals surface area contributed by atoms with Crippen molar-refractivity contribution < 1.29 is 13.4 Å². The number of nitrogens with one attached hydrogen (secondary N) is 2. The van der Waals surface area contributed by atoms with Gasteiger partial charge in [-0.05, 0) is 54.4 Å². The summed E-state index contributed by atoms with van der Waals surface area (Å²) in [7, 11) is -1.46. The fraction of sp³-hybridized carbons (Fsp3) is 0.167. The fourth-order valence-corrected chi connectivity index (χ4v) is 4.37. The van der Waals surface area contributed by atoms with E-state index in [1.165, 1.54) is 18.5 Å². The van der Waals surface area contributed by atoms with E-state index in [-0.39, 0.29) is 18.3 Å². The lowest BCUT2D eigenvalue weighted by molar-refractivity contribution is -0.115. The predicted molar refractivity (Wildman–Crippen MR) is 107 cm³/mol. The van der Waals surface area contributed by atoms with Crippen molar-refractivity contribution in [2.45, 2.75) is 11.3 Å². The molecule has 28 heavy (non-hydrogen) atoms. The van der Waals surface area contributed by atoms with Gasteiger partial charge in [0.2, 0.25) is 11.0 Å². The minimum Gasteiger partial charge on any atom is -0.362 e. The van der Waals surface area contributed by atoms with Crippen molar-refractivity contribution in [3.8, 4) is 0 Å². The number of benzene rings is 2. The van der Waals surface area contributed by atoms with Crippen LogP contribution in [-0.4, -0.2) is 32.6 Å². The van der Waals surface area contributed by atoms with Gasteiger partial charge in [0.25, 0.3) is 0 Å². The summed E-state index contributed by atoms with van der Waals surface area (Å²) in [6, 6.07) is 11.4.